The van der Waals surface area contributed by atoms with Crippen molar-refractivity contribution in [2.75, 3.05) is 0 Å². The lowest BCUT2D eigenvalue weighted by Gasteiger charge is -2.35. The molecule has 20 heavy (non-hydrogen) atoms. The van der Waals surface area contributed by atoms with Gasteiger partial charge in [0, 0.05) is 0 Å². The fourth-order valence-corrected chi connectivity index (χ4v) is 2.51. The summed E-state index contributed by atoms with van der Waals surface area (Å²) in [6.07, 6.45) is 0.708. The van der Waals surface area contributed by atoms with Crippen LogP contribution in [0.3, 0.4) is 0 Å². The van der Waals surface area contributed by atoms with Gasteiger partial charge in [-0.1, -0.05) is 6.08 Å². The van der Waals surface area contributed by atoms with Crippen LogP contribution in [-0.2, 0) is 9.47 Å². The van der Waals surface area contributed by atoms with Crippen LogP contribution in [0.25, 0.3) is 0 Å². The number of nitrogens with zero attached hydrogens (tertiary/aromatic N) is 1. The lowest BCUT2D eigenvalue weighted by molar-refractivity contribution is -0.1000. The van der Waals surface area contributed by atoms with Crippen LogP contribution in [0.1, 0.15) is 48.0 Å². The number of carbonyl (C=O) groups excluding carboxylic acids is 1. The van der Waals surface area contributed by atoms with Crippen LogP contribution < -0.4 is 0 Å². The molecule has 0 aromatic rings. The maximum Gasteiger partial charge on any atom is 0.412 e. The molecule has 0 aliphatic carbocycles. The molecule has 0 radical (unpaired) electrons. The third kappa shape index (κ3) is 3.73. The standard InChI is InChI=1S/C15H27NO4/c1-8-9-11-12(10(2)17)19-15(6,7)16(11)13(18)20-14(3,4)5/h8,10-12,17H,1,9H2,2-7H3/t10-,11-,12-/m1/s1. The normalized spacial score (nSPS) is 27.2. The van der Waals surface area contributed by atoms with Gasteiger partial charge < -0.3 is 14.6 Å². The minimum atomic E-state index is -0.822. The van der Waals surface area contributed by atoms with Crippen LogP contribution in [0, 0.1) is 0 Å². The lowest BCUT2D eigenvalue weighted by Crippen LogP contribution is -2.50. The summed E-state index contributed by atoms with van der Waals surface area (Å²) in [4.78, 5) is 14.0. The Morgan fingerprint density at radius 1 is 1.55 bits per heavy atom. The molecular weight excluding hydrogens is 258 g/mol. The van der Waals surface area contributed by atoms with E-state index in [1.54, 1.807) is 31.7 Å². The van der Waals surface area contributed by atoms with Gasteiger partial charge in [-0.15, -0.1) is 6.58 Å². The Labute approximate surface area is 121 Å². The van der Waals surface area contributed by atoms with Gasteiger partial charge in [0.1, 0.15) is 17.4 Å². The van der Waals surface area contributed by atoms with Crippen molar-refractivity contribution in [3.05, 3.63) is 12.7 Å². The smallest absolute Gasteiger partial charge is 0.412 e. The van der Waals surface area contributed by atoms with Gasteiger partial charge in [-0.2, -0.15) is 0 Å². The van der Waals surface area contributed by atoms with E-state index >= 15 is 0 Å². The largest absolute Gasteiger partial charge is 0.444 e. The van der Waals surface area contributed by atoms with E-state index in [0.29, 0.717) is 6.42 Å². The van der Waals surface area contributed by atoms with Gasteiger partial charge in [-0.25, -0.2) is 4.79 Å². The fraction of sp³-hybridized carbons (Fsp3) is 0.800. The van der Waals surface area contributed by atoms with E-state index in [4.69, 9.17) is 9.47 Å². The number of hydrogen-bond acceptors (Lipinski definition) is 4. The van der Waals surface area contributed by atoms with E-state index < -0.39 is 29.6 Å². The highest BCUT2D eigenvalue weighted by Gasteiger charge is 2.51. The van der Waals surface area contributed by atoms with Gasteiger partial charge in [0.15, 0.2) is 0 Å². The van der Waals surface area contributed by atoms with E-state index in [-0.39, 0.29) is 6.04 Å². The summed E-state index contributed by atoms with van der Waals surface area (Å²) in [5.74, 6) is 0. The predicted octanol–water partition coefficient (Wildman–Crippen LogP) is 2.68. The number of ether oxygens (including phenoxy) is 2. The van der Waals surface area contributed by atoms with Crippen LogP contribution in [0.4, 0.5) is 4.79 Å². The Balaban J connectivity index is 3.05. The summed E-state index contributed by atoms with van der Waals surface area (Å²) in [5.41, 5.74) is -1.40. The number of carbonyl (C=O) groups is 1. The molecule has 0 saturated carbocycles. The first kappa shape index (κ1) is 17.0. The molecule has 0 spiro atoms. The Morgan fingerprint density at radius 2 is 2.10 bits per heavy atom. The number of aliphatic hydroxyl groups excluding tert-OH is 1. The SMILES string of the molecule is C=CC[C@@H]1[C@@H]([C@@H](C)O)OC(C)(C)N1C(=O)OC(C)(C)C. The van der Waals surface area contributed by atoms with Crippen molar-refractivity contribution in [2.45, 2.75) is 77.5 Å². The van der Waals surface area contributed by atoms with Crippen LogP contribution >= 0.6 is 0 Å². The van der Waals surface area contributed by atoms with Gasteiger partial charge in [-0.3, -0.25) is 4.90 Å². The molecule has 3 atom stereocenters. The maximum atomic E-state index is 12.4. The molecule has 5 nitrogen and oxygen atoms in total. The third-order valence-electron chi connectivity index (χ3n) is 3.19. The highest BCUT2D eigenvalue weighted by molar-refractivity contribution is 5.70. The minimum Gasteiger partial charge on any atom is -0.444 e. The molecule has 0 aromatic heterocycles. The minimum absolute atomic E-state index is 0.280. The quantitative estimate of drug-likeness (QED) is 0.810. The second kappa shape index (κ2) is 5.74. The van der Waals surface area contributed by atoms with Crippen molar-refractivity contribution in [3.63, 3.8) is 0 Å². The molecule has 0 unspecified atom stereocenters. The maximum absolute atomic E-state index is 12.4. The third-order valence-corrected chi connectivity index (χ3v) is 3.19. The first-order chi connectivity index (χ1) is 8.99. The van der Waals surface area contributed by atoms with Crippen LogP contribution in [0.15, 0.2) is 12.7 Å². The number of amides is 1. The van der Waals surface area contributed by atoms with Crippen molar-refractivity contribution in [2.24, 2.45) is 0 Å². The summed E-state index contributed by atoms with van der Waals surface area (Å²) in [6, 6.07) is -0.280. The second-order valence-electron chi connectivity index (χ2n) is 6.71. The van der Waals surface area contributed by atoms with Gasteiger partial charge in [-0.05, 0) is 48.0 Å². The predicted molar refractivity (Wildman–Crippen MR) is 77.3 cm³/mol. The summed E-state index contributed by atoms with van der Waals surface area (Å²) in [7, 11) is 0. The average molecular weight is 285 g/mol. The molecule has 1 saturated heterocycles. The Hall–Kier alpha value is -1.07. The first-order valence-electron chi connectivity index (χ1n) is 6.98. The number of hydrogen-bond donors (Lipinski definition) is 1. The van der Waals surface area contributed by atoms with Gasteiger partial charge in [0.2, 0.25) is 0 Å². The van der Waals surface area contributed by atoms with Gasteiger partial charge >= 0.3 is 6.09 Å². The Kier molecular flexibility index (Phi) is 4.87. The van der Waals surface area contributed by atoms with Crippen LogP contribution in [0.5, 0.6) is 0 Å². The van der Waals surface area contributed by atoms with E-state index in [1.165, 1.54) is 0 Å². The highest BCUT2D eigenvalue weighted by Crippen LogP contribution is 2.36. The topological polar surface area (TPSA) is 59.0 Å². The molecule has 5 heteroatoms. The monoisotopic (exact) mass is 285 g/mol. The number of rotatable bonds is 3. The molecule has 1 N–H and O–H groups in total. The zero-order chi connectivity index (χ0) is 15.7. The van der Waals surface area contributed by atoms with Crippen LogP contribution in [-0.4, -0.2) is 45.7 Å². The molecule has 1 heterocycles. The molecule has 1 aliphatic heterocycles. The van der Waals surface area contributed by atoms with Crippen LogP contribution in [0.2, 0.25) is 0 Å². The molecule has 1 aliphatic rings. The molecule has 1 rings (SSSR count). The zero-order valence-corrected chi connectivity index (χ0v) is 13.3. The first-order valence-corrected chi connectivity index (χ1v) is 6.98. The Bertz CT molecular complexity index is 371. The molecule has 1 fully saturated rings. The van der Waals surface area contributed by atoms with E-state index in [2.05, 4.69) is 6.58 Å². The van der Waals surface area contributed by atoms with E-state index in [1.807, 2.05) is 20.8 Å². The van der Waals surface area contributed by atoms with Crippen molar-refractivity contribution in [3.8, 4) is 0 Å². The molecule has 1 amide bonds. The van der Waals surface area contributed by atoms with Gasteiger partial charge in [0.05, 0.1) is 12.1 Å². The molecular formula is C15H27NO4. The molecule has 0 bridgehead atoms. The summed E-state index contributed by atoms with van der Waals surface area (Å²) in [5, 5.41) is 9.88. The Morgan fingerprint density at radius 3 is 2.50 bits per heavy atom. The van der Waals surface area contributed by atoms with E-state index in [0.717, 1.165) is 0 Å². The van der Waals surface area contributed by atoms with Crippen molar-refractivity contribution >= 4 is 6.09 Å². The highest BCUT2D eigenvalue weighted by atomic mass is 16.6. The number of aliphatic hydroxyl groups is 1. The van der Waals surface area contributed by atoms with E-state index in [9.17, 15) is 9.90 Å². The summed E-state index contributed by atoms with van der Waals surface area (Å²) < 4.78 is 11.3. The van der Waals surface area contributed by atoms with Crippen molar-refractivity contribution in [1.82, 2.24) is 4.90 Å². The van der Waals surface area contributed by atoms with Gasteiger partial charge in [0.25, 0.3) is 0 Å². The summed E-state index contributed by atoms with van der Waals surface area (Å²) in [6.45, 7) is 14.5. The average Bonchev–Trinajstić information content (AvgIpc) is 2.48. The van der Waals surface area contributed by atoms with Crippen molar-refractivity contribution < 1.29 is 19.4 Å². The van der Waals surface area contributed by atoms with Crippen molar-refractivity contribution in [1.29, 1.82) is 0 Å². The zero-order valence-electron chi connectivity index (χ0n) is 13.3. The molecule has 116 valence electrons. The lowest BCUT2D eigenvalue weighted by atomic mass is 10.0. The molecule has 0 aromatic carbocycles. The second-order valence-corrected chi connectivity index (χ2v) is 6.71. The fourth-order valence-electron chi connectivity index (χ4n) is 2.51. The summed E-state index contributed by atoms with van der Waals surface area (Å²) >= 11 is 0.